The molecule has 8 atom stereocenters. The van der Waals surface area contributed by atoms with E-state index in [-0.39, 0.29) is 22.7 Å². The molecule has 4 aliphatic rings. The van der Waals surface area contributed by atoms with Crippen LogP contribution < -0.4 is 0 Å². The molecule has 3 N–H and O–H groups in total. The molecule has 0 bridgehead atoms. The van der Waals surface area contributed by atoms with Crippen molar-refractivity contribution >= 4 is 0 Å². The fourth-order valence-corrected chi connectivity index (χ4v) is 7.64. The summed E-state index contributed by atoms with van der Waals surface area (Å²) in [5, 5.41) is 33.0. The van der Waals surface area contributed by atoms with Crippen LogP contribution in [0.25, 0.3) is 0 Å². The van der Waals surface area contributed by atoms with E-state index < -0.39 is 17.8 Å². The number of furan rings is 1. The van der Waals surface area contributed by atoms with Gasteiger partial charge in [-0.05, 0) is 68.9 Å². The number of hydrogen-bond acceptors (Lipinski definition) is 4. The minimum Gasteiger partial charge on any atom is -0.469 e. The number of fused-ring (bicyclic) bond motifs is 5. The molecule has 1 aromatic rings. The summed E-state index contributed by atoms with van der Waals surface area (Å²) in [4.78, 5) is 0. The van der Waals surface area contributed by atoms with Gasteiger partial charge in [-0.15, -0.1) is 0 Å². The van der Waals surface area contributed by atoms with Gasteiger partial charge in [0, 0.05) is 16.7 Å². The highest BCUT2D eigenvalue weighted by atomic mass is 16.3. The lowest BCUT2D eigenvalue weighted by atomic mass is 9.43. The fourth-order valence-electron chi connectivity index (χ4n) is 7.64. The Morgan fingerprint density at radius 2 is 1.89 bits per heavy atom. The van der Waals surface area contributed by atoms with Gasteiger partial charge in [0.25, 0.3) is 0 Å². The molecule has 0 spiro atoms. The Morgan fingerprint density at radius 1 is 1.07 bits per heavy atom. The van der Waals surface area contributed by atoms with Crippen molar-refractivity contribution in [3.63, 3.8) is 0 Å². The lowest BCUT2D eigenvalue weighted by Crippen LogP contribution is -2.62. The molecule has 5 rings (SSSR count). The van der Waals surface area contributed by atoms with Crippen molar-refractivity contribution in [2.24, 2.45) is 22.7 Å². The maximum Gasteiger partial charge on any atom is 0.107 e. The van der Waals surface area contributed by atoms with Gasteiger partial charge in [-0.2, -0.15) is 0 Å². The van der Waals surface area contributed by atoms with Gasteiger partial charge in [-0.3, -0.25) is 0 Å². The first-order valence-corrected chi connectivity index (χ1v) is 10.6. The summed E-state index contributed by atoms with van der Waals surface area (Å²) in [7, 11) is 0. The Hall–Kier alpha value is -1.10. The van der Waals surface area contributed by atoms with Gasteiger partial charge in [0.05, 0.1) is 24.1 Å². The predicted molar refractivity (Wildman–Crippen MR) is 102 cm³/mol. The average Bonchev–Trinajstić information content (AvgIpc) is 3.24. The topological polar surface area (TPSA) is 73.8 Å². The first-order valence-electron chi connectivity index (χ1n) is 10.6. The molecule has 148 valence electrons. The summed E-state index contributed by atoms with van der Waals surface area (Å²) in [6.45, 7) is 4.44. The molecule has 3 fully saturated rings. The van der Waals surface area contributed by atoms with Gasteiger partial charge >= 0.3 is 0 Å². The number of allylic oxidation sites excluding steroid dienone is 1. The highest BCUT2D eigenvalue weighted by molar-refractivity contribution is 5.33. The van der Waals surface area contributed by atoms with Gasteiger partial charge in [0.2, 0.25) is 0 Å². The quantitative estimate of drug-likeness (QED) is 0.656. The normalized spacial score (nSPS) is 51.9. The smallest absolute Gasteiger partial charge is 0.107 e. The fraction of sp³-hybridized carbons (Fsp3) is 0.739. The van der Waals surface area contributed by atoms with Gasteiger partial charge in [-0.1, -0.05) is 25.5 Å². The summed E-state index contributed by atoms with van der Waals surface area (Å²) < 4.78 is 5.82. The van der Waals surface area contributed by atoms with Crippen molar-refractivity contribution in [2.75, 3.05) is 0 Å². The third-order valence-electron chi connectivity index (χ3n) is 9.27. The highest BCUT2D eigenvalue weighted by Crippen LogP contribution is 2.69. The number of rotatable bonds is 1. The van der Waals surface area contributed by atoms with Crippen molar-refractivity contribution in [2.45, 2.75) is 82.5 Å². The minimum atomic E-state index is -0.784. The summed E-state index contributed by atoms with van der Waals surface area (Å²) in [5.74, 6) is 1.64. The number of aliphatic hydroxyl groups excluding tert-OH is 2. The molecule has 1 aromatic heterocycles. The average molecular weight is 373 g/mol. The van der Waals surface area contributed by atoms with E-state index in [1.165, 1.54) is 5.57 Å². The second-order valence-electron chi connectivity index (χ2n) is 10.0. The SMILES string of the molecule is C[C@@]12C(=CC(O)CC1c1ccco1)CC[C@@H]1[C@H]2CC[C@]2(C)C(O)CC[C@@]12O. The summed E-state index contributed by atoms with van der Waals surface area (Å²) in [6, 6.07) is 3.97. The van der Waals surface area contributed by atoms with Crippen molar-refractivity contribution in [3.8, 4) is 0 Å². The molecular formula is C23H32O4. The molecule has 3 unspecified atom stereocenters. The van der Waals surface area contributed by atoms with Crippen LogP contribution in [0, 0.1) is 22.7 Å². The van der Waals surface area contributed by atoms with E-state index in [9.17, 15) is 15.3 Å². The molecule has 27 heavy (non-hydrogen) atoms. The van der Waals surface area contributed by atoms with Crippen molar-refractivity contribution in [1.82, 2.24) is 0 Å². The minimum absolute atomic E-state index is 0.107. The van der Waals surface area contributed by atoms with Gasteiger partial charge in [0.1, 0.15) is 5.76 Å². The van der Waals surface area contributed by atoms with E-state index in [0.717, 1.165) is 31.4 Å². The first-order chi connectivity index (χ1) is 12.8. The summed E-state index contributed by atoms with van der Waals surface area (Å²) in [5.41, 5.74) is 0.0629. The van der Waals surface area contributed by atoms with Crippen LogP contribution in [0.3, 0.4) is 0 Å². The Kier molecular flexibility index (Phi) is 3.80. The van der Waals surface area contributed by atoms with E-state index in [1.807, 2.05) is 12.1 Å². The Balaban J connectivity index is 1.60. The van der Waals surface area contributed by atoms with Crippen molar-refractivity contribution in [3.05, 3.63) is 35.8 Å². The molecule has 0 radical (unpaired) electrons. The van der Waals surface area contributed by atoms with Gasteiger partial charge < -0.3 is 19.7 Å². The van der Waals surface area contributed by atoms with E-state index in [1.54, 1.807) is 6.26 Å². The van der Waals surface area contributed by atoms with Crippen LogP contribution in [0.4, 0.5) is 0 Å². The molecule has 4 aliphatic carbocycles. The maximum absolute atomic E-state index is 11.9. The largest absolute Gasteiger partial charge is 0.469 e. The lowest BCUT2D eigenvalue weighted by Gasteiger charge is -2.62. The third-order valence-corrected chi connectivity index (χ3v) is 9.27. The second-order valence-corrected chi connectivity index (χ2v) is 10.0. The molecule has 0 aromatic carbocycles. The highest BCUT2D eigenvalue weighted by Gasteiger charge is 2.67. The molecule has 0 saturated heterocycles. The second kappa shape index (κ2) is 5.71. The van der Waals surface area contributed by atoms with Crippen molar-refractivity contribution < 1.29 is 19.7 Å². The first kappa shape index (κ1) is 18.0. The molecule has 4 heteroatoms. The van der Waals surface area contributed by atoms with Crippen LogP contribution >= 0.6 is 0 Å². The maximum atomic E-state index is 11.9. The standard InChI is InChI=1S/C23H32O4/c1-21-9-7-16-17(23(21,26)10-8-20(21)25)6-5-14-12-15(24)13-18(22(14,16)2)19-4-3-11-27-19/h3-4,11-12,15-18,20,24-26H,5-10,13H2,1-2H3/t15?,16-,17-,18?,20?,21-,22+,23-/m1/s1. The Labute approximate surface area is 161 Å². The van der Waals surface area contributed by atoms with Crippen LogP contribution in [0.15, 0.2) is 34.5 Å². The molecule has 0 aliphatic heterocycles. The molecular weight excluding hydrogens is 340 g/mol. The van der Waals surface area contributed by atoms with Gasteiger partial charge in [0.15, 0.2) is 0 Å². The summed E-state index contributed by atoms with van der Waals surface area (Å²) >= 11 is 0. The zero-order chi connectivity index (χ0) is 19.0. The van der Waals surface area contributed by atoms with Crippen LogP contribution in [0.1, 0.15) is 70.5 Å². The number of aliphatic hydroxyl groups is 3. The van der Waals surface area contributed by atoms with Crippen LogP contribution in [0.2, 0.25) is 0 Å². The van der Waals surface area contributed by atoms with Gasteiger partial charge in [-0.25, -0.2) is 0 Å². The van der Waals surface area contributed by atoms with E-state index in [0.29, 0.717) is 25.2 Å². The van der Waals surface area contributed by atoms with E-state index in [2.05, 4.69) is 19.9 Å². The lowest BCUT2D eigenvalue weighted by molar-refractivity contribution is -0.195. The monoisotopic (exact) mass is 372 g/mol. The van der Waals surface area contributed by atoms with E-state index in [4.69, 9.17) is 4.42 Å². The molecule has 3 saturated carbocycles. The molecule has 0 amide bonds. The van der Waals surface area contributed by atoms with Crippen LogP contribution in [-0.4, -0.2) is 33.1 Å². The molecule has 4 nitrogen and oxygen atoms in total. The predicted octanol–water partition coefficient (Wildman–Crippen LogP) is 3.77. The van der Waals surface area contributed by atoms with Crippen LogP contribution in [-0.2, 0) is 0 Å². The third kappa shape index (κ3) is 2.15. The Morgan fingerprint density at radius 3 is 2.63 bits per heavy atom. The van der Waals surface area contributed by atoms with Crippen molar-refractivity contribution in [1.29, 1.82) is 0 Å². The summed E-state index contributed by atoms with van der Waals surface area (Å²) in [6.07, 6.45) is 8.80. The van der Waals surface area contributed by atoms with E-state index >= 15 is 0 Å². The zero-order valence-electron chi connectivity index (χ0n) is 16.4. The molecule has 1 heterocycles. The van der Waals surface area contributed by atoms with Crippen LogP contribution in [0.5, 0.6) is 0 Å². The number of hydrogen-bond donors (Lipinski definition) is 3. The zero-order valence-corrected chi connectivity index (χ0v) is 16.4. The Bertz CT molecular complexity index is 754.